The van der Waals surface area contributed by atoms with Crippen molar-refractivity contribution in [1.29, 1.82) is 0 Å². The van der Waals surface area contributed by atoms with Gasteiger partial charge in [0.05, 0.1) is 0 Å². The van der Waals surface area contributed by atoms with Crippen molar-refractivity contribution in [3.05, 3.63) is 0 Å². The van der Waals surface area contributed by atoms with Crippen molar-refractivity contribution in [1.82, 2.24) is 9.80 Å². The maximum Gasteiger partial charge on any atom is 0.222 e. The number of carbonyl (C=O) groups excluding carboxylic acids is 1. The van der Waals surface area contributed by atoms with Gasteiger partial charge < -0.3 is 9.80 Å². The summed E-state index contributed by atoms with van der Waals surface area (Å²) in [6.07, 6.45) is 15.2. The minimum atomic E-state index is 0.421. The summed E-state index contributed by atoms with van der Waals surface area (Å²) >= 11 is 0. The molecule has 0 unspecified atom stereocenters. The second-order valence-corrected chi connectivity index (χ2v) is 9.27. The lowest BCUT2D eigenvalue weighted by Gasteiger charge is -2.49. The van der Waals surface area contributed by atoms with Crippen LogP contribution in [0.5, 0.6) is 0 Å². The molecule has 0 aromatic carbocycles. The fraction of sp³-hybridized carbons (Fsp3) is 0.952. The highest BCUT2D eigenvalue weighted by atomic mass is 16.2. The third-order valence-corrected chi connectivity index (χ3v) is 7.44. The first kappa shape index (κ1) is 18.2. The Bertz CT molecular complexity index is 433. The van der Waals surface area contributed by atoms with E-state index in [1.165, 1.54) is 64.2 Å². The van der Waals surface area contributed by atoms with Crippen LogP contribution in [-0.4, -0.2) is 48.4 Å². The molecule has 0 N–H and O–H groups in total. The minimum absolute atomic E-state index is 0.421. The molecule has 3 aliphatic rings. The molecule has 1 aliphatic heterocycles. The highest BCUT2D eigenvalue weighted by molar-refractivity contribution is 5.76. The topological polar surface area (TPSA) is 23.6 Å². The summed E-state index contributed by atoms with van der Waals surface area (Å²) in [5, 5.41) is 0. The Hall–Kier alpha value is -0.570. The van der Waals surface area contributed by atoms with Gasteiger partial charge in [0.1, 0.15) is 0 Å². The van der Waals surface area contributed by atoms with Gasteiger partial charge in [-0.1, -0.05) is 32.6 Å². The van der Waals surface area contributed by atoms with Crippen LogP contribution >= 0.6 is 0 Å². The van der Waals surface area contributed by atoms with Crippen molar-refractivity contribution in [3.63, 3.8) is 0 Å². The van der Waals surface area contributed by atoms with Gasteiger partial charge in [-0.05, 0) is 70.4 Å². The molecule has 0 aromatic heterocycles. The maximum atomic E-state index is 12.5. The number of hydrogen-bond acceptors (Lipinski definition) is 2. The van der Waals surface area contributed by atoms with Crippen LogP contribution in [0, 0.1) is 11.3 Å². The normalized spacial score (nSPS) is 33.6. The molecule has 3 rings (SSSR count). The van der Waals surface area contributed by atoms with E-state index in [1.54, 1.807) is 0 Å². The van der Waals surface area contributed by atoms with E-state index < -0.39 is 0 Å². The van der Waals surface area contributed by atoms with Gasteiger partial charge >= 0.3 is 0 Å². The summed E-state index contributed by atoms with van der Waals surface area (Å²) < 4.78 is 0. The lowest BCUT2D eigenvalue weighted by molar-refractivity contribution is -0.131. The summed E-state index contributed by atoms with van der Waals surface area (Å²) in [6.45, 7) is 4.37. The molecule has 1 amide bonds. The summed E-state index contributed by atoms with van der Waals surface area (Å²) in [4.78, 5) is 17.2. The molecule has 2 aliphatic carbocycles. The van der Waals surface area contributed by atoms with Crippen LogP contribution in [0.2, 0.25) is 0 Å². The Morgan fingerprint density at radius 1 is 1.12 bits per heavy atom. The van der Waals surface area contributed by atoms with E-state index in [2.05, 4.69) is 30.8 Å². The molecule has 24 heavy (non-hydrogen) atoms. The van der Waals surface area contributed by atoms with E-state index in [4.69, 9.17) is 0 Å². The summed E-state index contributed by atoms with van der Waals surface area (Å²) in [5.74, 6) is 1.31. The molecule has 0 atom stereocenters. The van der Waals surface area contributed by atoms with Crippen LogP contribution in [0.3, 0.4) is 0 Å². The van der Waals surface area contributed by atoms with Crippen LogP contribution in [0.15, 0.2) is 0 Å². The third-order valence-electron chi connectivity index (χ3n) is 7.44. The number of amides is 1. The van der Waals surface area contributed by atoms with Crippen LogP contribution in [-0.2, 0) is 4.79 Å². The highest BCUT2D eigenvalue weighted by Crippen LogP contribution is 2.49. The zero-order valence-corrected chi connectivity index (χ0v) is 16.3. The number of nitrogens with zero attached hydrogens (tertiary/aromatic N) is 2. The van der Waals surface area contributed by atoms with Crippen LogP contribution < -0.4 is 0 Å². The van der Waals surface area contributed by atoms with Gasteiger partial charge in [-0.2, -0.15) is 0 Å². The molecule has 1 heterocycles. The fourth-order valence-corrected chi connectivity index (χ4v) is 5.12. The van der Waals surface area contributed by atoms with E-state index in [1.807, 2.05) is 0 Å². The quantitative estimate of drug-likeness (QED) is 0.686. The number of hydrogen-bond donors (Lipinski definition) is 0. The maximum absolute atomic E-state index is 12.5. The number of carbonyl (C=O) groups is 1. The first-order chi connectivity index (χ1) is 11.5. The molecular weight excluding hydrogens is 296 g/mol. The number of rotatable bonds is 7. The Morgan fingerprint density at radius 2 is 1.83 bits per heavy atom. The van der Waals surface area contributed by atoms with Crippen LogP contribution in [0.1, 0.15) is 84.0 Å². The van der Waals surface area contributed by atoms with Crippen molar-refractivity contribution >= 4 is 5.91 Å². The van der Waals surface area contributed by atoms with Crippen molar-refractivity contribution in [2.45, 2.75) is 89.5 Å². The lowest BCUT2D eigenvalue weighted by Crippen LogP contribution is -2.49. The Morgan fingerprint density at radius 3 is 2.42 bits per heavy atom. The van der Waals surface area contributed by atoms with E-state index in [0.717, 1.165) is 31.8 Å². The smallest absolute Gasteiger partial charge is 0.222 e. The number of unbranched alkanes of at least 4 members (excludes halogenated alkanes) is 1. The molecule has 138 valence electrons. The largest absolute Gasteiger partial charge is 0.342 e. The molecule has 0 bridgehead atoms. The molecule has 1 spiro atoms. The minimum Gasteiger partial charge on any atom is -0.342 e. The van der Waals surface area contributed by atoms with Crippen molar-refractivity contribution in [3.8, 4) is 0 Å². The van der Waals surface area contributed by atoms with Crippen molar-refractivity contribution < 1.29 is 4.79 Å². The molecular formula is C21H38N2O. The van der Waals surface area contributed by atoms with Gasteiger partial charge in [-0.3, -0.25) is 4.79 Å². The SMILES string of the molecule is CCCCC1(N(C)C)CCC2(CCN(C(=O)CCC3CC3)C2)CC1. The van der Waals surface area contributed by atoms with E-state index in [9.17, 15) is 4.79 Å². The summed E-state index contributed by atoms with van der Waals surface area (Å²) in [5.41, 5.74) is 0.867. The standard InChI is InChI=1S/C21H38N2O/c1-4-5-10-21(22(2)3)13-11-20(12-14-21)15-16-23(17-20)19(24)9-8-18-6-7-18/h18H,4-17H2,1-3H3. The summed E-state index contributed by atoms with van der Waals surface area (Å²) in [6, 6.07) is 0. The zero-order chi connectivity index (χ0) is 17.2. The molecule has 1 saturated heterocycles. The first-order valence-electron chi connectivity index (χ1n) is 10.4. The van der Waals surface area contributed by atoms with Crippen molar-refractivity contribution in [2.75, 3.05) is 27.2 Å². The number of likely N-dealkylation sites (tertiary alicyclic amines) is 1. The van der Waals surface area contributed by atoms with Crippen LogP contribution in [0.4, 0.5) is 0 Å². The fourth-order valence-electron chi connectivity index (χ4n) is 5.12. The highest BCUT2D eigenvalue weighted by Gasteiger charge is 2.47. The molecule has 0 radical (unpaired) electrons. The summed E-state index contributed by atoms with van der Waals surface area (Å²) in [7, 11) is 4.55. The van der Waals surface area contributed by atoms with Crippen LogP contribution in [0.25, 0.3) is 0 Å². The Labute approximate surface area is 149 Å². The molecule has 2 saturated carbocycles. The van der Waals surface area contributed by atoms with E-state index >= 15 is 0 Å². The lowest BCUT2D eigenvalue weighted by atomic mass is 9.65. The van der Waals surface area contributed by atoms with Gasteiger partial charge in [0.2, 0.25) is 5.91 Å². The van der Waals surface area contributed by atoms with Crippen molar-refractivity contribution in [2.24, 2.45) is 11.3 Å². The Kier molecular flexibility index (Phi) is 5.58. The van der Waals surface area contributed by atoms with Gasteiger partial charge in [-0.25, -0.2) is 0 Å². The Balaban J connectivity index is 1.52. The second kappa shape index (κ2) is 7.35. The molecule has 3 heteroatoms. The second-order valence-electron chi connectivity index (χ2n) is 9.27. The monoisotopic (exact) mass is 334 g/mol. The predicted molar refractivity (Wildman–Crippen MR) is 100.0 cm³/mol. The van der Waals surface area contributed by atoms with E-state index in [-0.39, 0.29) is 0 Å². The van der Waals surface area contributed by atoms with Gasteiger partial charge in [0.15, 0.2) is 0 Å². The predicted octanol–water partition coefficient (Wildman–Crippen LogP) is 4.46. The first-order valence-corrected chi connectivity index (χ1v) is 10.4. The molecule has 0 aromatic rings. The third kappa shape index (κ3) is 3.98. The van der Waals surface area contributed by atoms with Gasteiger partial charge in [0.25, 0.3) is 0 Å². The van der Waals surface area contributed by atoms with E-state index in [0.29, 0.717) is 16.9 Å². The zero-order valence-electron chi connectivity index (χ0n) is 16.3. The molecule has 3 nitrogen and oxygen atoms in total. The van der Waals surface area contributed by atoms with Gasteiger partial charge in [0, 0.05) is 25.0 Å². The van der Waals surface area contributed by atoms with Gasteiger partial charge in [-0.15, -0.1) is 0 Å². The molecule has 3 fully saturated rings. The average molecular weight is 335 g/mol. The average Bonchev–Trinajstić information content (AvgIpc) is 3.32.